The zero-order chi connectivity index (χ0) is 17.4. The predicted octanol–water partition coefficient (Wildman–Crippen LogP) is 4.52. The molecule has 122 valence electrons. The zero-order valence-electron chi connectivity index (χ0n) is 13.0. The number of benzene rings is 2. The van der Waals surface area contributed by atoms with Crippen LogP contribution in [0.4, 0.5) is 18.9 Å². The average Bonchev–Trinajstić information content (AvgIpc) is 2.55. The topological polar surface area (TPSA) is 42.0 Å². The second kappa shape index (κ2) is 5.96. The van der Waals surface area contributed by atoms with Gasteiger partial charge in [-0.1, -0.05) is 11.6 Å². The summed E-state index contributed by atoms with van der Waals surface area (Å²) in [5.41, 5.74) is 2.03. The van der Waals surface area contributed by atoms with Crippen molar-refractivity contribution in [2.45, 2.75) is 13.8 Å². The van der Waals surface area contributed by atoms with Gasteiger partial charge in [0.15, 0.2) is 17.5 Å². The van der Waals surface area contributed by atoms with Crippen LogP contribution in [0, 0.1) is 31.3 Å². The number of fused-ring (bicyclic) bond motifs is 1. The van der Waals surface area contributed by atoms with E-state index in [0.717, 1.165) is 17.7 Å². The summed E-state index contributed by atoms with van der Waals surface area (Å²) < 4.78 is 40.0. The summed E-state index contributed by atoms with van der Waals surface area (Å²) in [6.07, 6.45) is 0. The van der Waals surface area contributed by atoms with Crippen molar-refractivity contribution in [1.82, 2.24) is 4.98 Å². The van der Waals surface area contributed by atoms with Crippen molar-refractivity contribution in [3.05, 3.63) is 70.7 Å². The molecule has 0 saturated heterocycles. The van der Waals surface area contributed by atoms with Gasteiger partial charge in [-0.25, -0.2) is 13.2 Å². The van der Waals surface area contributed by atoms with Gasteiger partial charge in [0.1, 0.15) is 0 Å². The normalized spacial score (nSPS) is 10.9. The molecule has 0 aliphatic carbocycles. The average molecular weight is 330 g/mol. The van der Waals surface area contributed by atoms with Gasteiger partial charge in [-0.2, -0.15) is 0 Å². The molecule has 0 spiro atoms. The quantitative estimate of drug-likeness (QED) is 0.702. The van der Waals surface area contributed by atoms with Crippen LogP contribution in [0.2, 0.25) is 0 Å². The molecule has 0 radical (unpaired) electrons. The first kappa shape index (κ1) is 16.0. The van der Waals surface area contributed by atoms with Crippen LogP contribution in [0.3, 0.4) is 0 Å². The Kier molecular flexibility index (Phi) is 3.97. The third kappa shape index (κ3) is 2.82. The lowest BCUT2D eigenvalue weighted by molar-refractivity contribution is 0.102. The first-order chi connectivity index (χ1) is 11.4. The number of halogens is 3. The van der Waals surface area contributed by atoms with E-state index in [0.29, 0.717) is 16.6 Å². The summed E-state index contributed by atoms with van der Waals surface area (Å²) in [5.74, 6) is -5.00. The summed E-state index contributed by atoms with van der Waals surface area (Å²) in [6.45, 7) is 3.60. The maximum Gasteiger partial charge on any atom is 0.256 e. The van der Waals surface area contributed by atoms with Gasteiger partial charge in [-0.15, -0.1) is 0 Å². The van der Waals surface area contributed by atoms with E-state index in [4.69, 9.17) is 0 Å². The number of amides is 1. The van der Waals surface area contributed by atoms with Crippen molar-refractivity contribution < 1.29 is 18.0 Å². The summed E-state index contributed by atoms with van der Waals surface area (Å²) in [6, 6.07) is 8.74. The van der Waals surface area contributed by atoms with E-state index < -0.39 is 29.0 Å². The SMILES string of the molecule is Cc1ccc2nc(C)cc(C(=O)Nc3ccc(F)c(F)c3F)c2c1. The first-order valence-corrected chi connectivity index (χ1v) is 7.19. The van der Waals surface area contributed by atoms with E-state index in [1.54, 1.807) is 25.1 Å². The van der Waals surface area contributed by atoms with Crippen LogP contribution in [-0.2, 0) is 0 Å². The Morgan fingerprint density at radius 3 is 2.50 bits per heavy atom. The minimum atomic E-state index is -1.63. The Bertz CT molecular complexity index is 970. The molecule has 0 unspecified atom stereocenters. The number of aryl methyl sites for hydroxylation is 2. The van der Waals surface area contributed by atoms with E-state index in [1.807, 2.05) is 13.0 Å². The van der Waals surface area contributed by atoms with Gasteiger partial charge in [0, 0.05) is 11.1 Å². The van der Waals surface area contributed by atoms with Crippen molar-refractivity contribution in [3.8, 4) is 0 Å². The maximum absolute atomic E-state index is 13.8. The monoisotopic (exact) mass is 330 g/mol. The fourth-order valence-electron chi connectivity index (χ4n) is 2.47. The zero-order valence-corrected chi connectivity index (χ0v) is 13.0. The first-order valence-electron chi connectivity index (χ1n) is 7.19. The summed E-state index contributed by atoms with van der Waals surface area (Å²) in [5, 5.41) is 2.88. The molecular weight excluding hydrogens is 317 g/mol. The molecule has 0 saturated carbocycles. The van der Waals surface area contributed by atoms with Crippen LogP contribution in [0.25, 0.3) is 10.9 Å². The molecule has 1 heterocycles. The molecule has 0 aliphatic rings. The van der Waals surface area contributed by atoms with Crippen LogP contribution >= 0.6 is 0 Å². The summed E-state index contributed by atoms with van der Waals surface area (Å²) in [7, 11) is 0. The van der Waals surface area contributed by atoms with E-state index in [9.17, 15) is 18.0 Å². The molecule has 0 fully saturated rings. The number of nitrogens with one attached hydrogen (secondary N) is 1. The highest BCUT2D eigenvalue weighted by atomic mass is 19.2. The lowest BCUT2D eigenvalue weighted by Gasteiger charge is -2.11. The molecular formula is C18H13F3N2O. The standard InChI is InChI=1S/C18H13F3N2O/c1-9-3-5-14-11(7-9)12(8-10(2)22-14)18(24)23-15-6-4-13(19)16(20)17(15)21/h3-8H,1-2H3,(H,23,24). The van der Waals surface area contributed by atoms with Crippen LogP contribution in [0.1, 0.15) is 21.6 Å². The second-order valence-electron chi connectivity index (χ2n) is 5.51. The highest BCUT2D eigenvalue weighted by Crippen LogP contribution is 2.24. The number of pyridine rings is 1. The molecule has 0 aliphatic heterocycles. The molecule has 3 nitrogen and oxygen atoms in total. The van der Waals surface area contributed by atoms with Gasteiger partial charge < -0.3 is 5.32 Å². The molecule has 24 heavy (non-hydrogen) atoms. The number of hydrogen-bond donors (Lipinski definition) is 1. The second-order valence-corrected chi connectivity index (χ2v) is 5.51. The van der Waals surface area contributed by atoms with Crippen molar-refractivity contribution in [3.63, 3.8) is 0 Å². The Balaban J connectivity index is 2.06. The highest BCUT2D eigenvalue weighted by Gasteiger charge is 2.18. The number of rotatable bonds is 2. The Hall–Kier alpha value is -2.89. The van der Waals surface area contributed by atoms with Gasteiger partial charge in [-0.05, 0) is 44.2 Å². The van der Waals surface area contributed by atoms with Gasteiger partial charge >= 0.3 is 0 Å². The third-order valence-corrected chi connectivity index (χ3v) is 3.62. The molecule has 2 aromatic carbocycles. The van der Waals surface area contributed by atoms with Crippen molar-refractivity contribution >= 4 is 22.5 Å². The summed E-state index contributed by atoms with van der Waals surface area (Å²) in [4.78, 5) is 16.9. The highest BCUT2D eigenvalue weighted by molar-refractivity contribution is 6.12. The minimum Gasteiger partial charge on any atom is -0.319 e. The van der Waals surface area contributed by atoms with Gasteiger partial charge in [0.05, 0.1) is 16.8 Å². The van der Waals surface area contributed by atoms with E-state index in [2.05, 4.69) is 10.3 Å². The fourth-order valence-corrected chi connectivity index (χ4v) is 2.47. The number of aromatic nitrogens is 1. The van der Waals surface area contributed by atoms with E-state index >= 15 is 0 Å². The Labute approximate surface area is 136 Å². The Morgan fingerprint density at radius 1 is 1.00 bits per heavy atom. The van der Waals surface area contributed by atoms with Gasteiger partial charge in [0.25, 0.3) is 5.91 Å². The van der Waals surface area contributed by atoms with Crippen LogP contribution in [-0.4, -0.2) is 10.9 Å². The molecule has 0 atom stereocenters. The third-order valence-electron chi connectivity index (χ3n) is 3.62. The van der Waals surface area contributed by atoms with Crippen LogP contribution in [0.5, 0.6) is 0 Å². The number of nitrogens with zero attached hydrogens (tertiary/aromatic N) is 1. The molecule has 6 heteroatoms. The molecule has 1 amide bonds. The number of carbonyl (C=O) groups excluding carboxylic acids is 1. The molecule has 1 N–H and O–H groups in total. The maximum atomic E-state index is 13.8. The Morgan fingerprint density at radius 2 is 1.75 bits per heavy atom. The largest absolute Gasteiger partial charge is 0.319 e. The van der Waals surface area contributed by atoms with Crippen molar-refractivity contribution in [2.24, 2.45) is 0 Å². The van der Waals surface area contributed by atoms with Crippen molar-refractivity contribution in [2.75, 3.05) is 5.32 Å². The lowest BCUT2D eigenvalue weighted by atomic mass is 10.0. The summed E-state index contributed by atoms with van der Waals surface area (Å²) >= 11 is 0. The molecule has 3 aromatic rings. The fraction of sp³-hybridized carbons (Fsp3) is 0.111. The number of anilines is 1. The molecule has 0 bridgehead atoms. The van der Waals surface area contributed by atoms with Crippen LogP contribution < -0.4 is 5.32 Å². The predicted molar refractivity (Wildman–Crippen MR) is 85.5 cm³/mol. The molecule has 1 aromatic heterocycles. The smallest absolute Gasteiger partial charge is 0.256 e. The number of hydrogen-bond acceptors (Lipinski definition) is 2. The lowest BCUT2D eigenvalue weighted by Crippen LogP contribution is -2.15. The minimum absolute atomic E-state index is 0.283. The van der Waals surface area contributed by atoms with Crippen LogP contribution in [0.15, 0.2) is 36.4 Å². The van der Waals surface area contributed by atoms with E-state index in [-0.39, 0.29) is 5.56 Å². The van der Waals surface area contributed by atoms with Crippen molar-refractivity contribution in [1.29, 1.82) is 0 Å². The van der Waals surface area contributed by atoms with Gasteiger partial charge in [0.2, 0.25) is 0 Å². The number of carbonyl (C=O) groups is 1. The van der Waals surface area contributed by atoms with Gasteiger partial charge in [-0.3, -0.25) is 9.78 Å². The van der Waals surface area contributed by atoms with E-state index in [1.165, 1.54) is 0 Å². The molecule has 3 rings (SSSR count).